The molecule has 0 aliphatic carbocycles. The van der Waals surface area contributed by atoms with Crippen molar-refractivity contribution in [1.82, 2.24) is 19.9 Å². The first-order valence-electron chi connectivity index (χ1n) is 8.14. The van der Waals surface area contributed by atoms with Crippen LogP contribution in [0, 0.1) is 5.82 Å². The lowest BCUT2D eigenvalue weighted by Crippen LogP contribution is -2.04. The molecule has 2 N–H and O–H groups in total. The molecule has 0 aliphatic rings. The normalized spacial score (nSPS) is 10.6. The van der Waals surface area contributed by atoms with Gasteiger partial charge < -0.3 is 15.4 Å². The molecule has 0 radical (unpaired) electrons. The van der Waals surface area contributed by atoms with E-state index in [2.05, 4.69) is 30.6 Å². The lowest BCUT2D eigenvalue weighted by Gasteiger charge is -2.11. The van der Waals surface area contributed by atoms with Crippen molar-refractivity contribution in [2.45, 2.75) is 0 Å². The molecule has 134 valence electrons. The van der Waals surface area contributed by atoms with Crippen LogP contribution in [-0.2, 0) is 0 Å². The second-order valence-corrected chi connectivity index (χ2v) is 5.61. The number of nitrogens with one attached hydrogen (secondary N) is 2. The van der Waals surface area contributed by atoms with Crippen LogP contribution in [0.2, 0.25) is 0 Å². The van der Waals surface area contributed by atoms with E-state index in [9.17, 15) is 4.39 Å². The van der Waals surface area contributed by atoms with Gasteiger partial charge in [0.05, 0.1) is 7.11 Å². The van der Waals surface area contributed by atoms with Crippen molar-refractivity contribution in [3.05, 3.63) is 66.7 Å². The molecule has 2 heterocycles. The Bertz CT molecular complexity index is 1070. The number of fused-ring (bicyclic) bond motifs is 1. The second kappa shape index (κ2) is 7.20. The monoisotopic (exact) mass is 362 g/mol. The van der Waals surface area contributed by atoms with Gasteiger partial charge in [-0.2, -0.15) is 9.97 Å². The van der Waals surface area contributed by atoms with E-state index in [1.165, 1.54) is 12.1 Å². The summed E-state index contributed by atoms with van der Waals surface area (Å²) in [6.45, 7) is 0. The molecule has 4 rings (SSSR count). The van der Waals surface area contributed by atoms with Crippen molar-refractivity contribution in [3.8, 4) is 5.75 Å². The molecular weight excluding hydrogens is 347 g/mol. The van der Waals surface area contributed by atoms with Crippen LogP contribution in [0.25, 0.3) is 11.2 Å². The molecule has 27 heavy (non-hydrogen) atoms. The van der Waals surface area contributed by atoms with Crippen LogP contribution in [0.5, 0.6) is 5.75 Å². The highest BCUT2D eigenvalue weighted by molar-refractivity contribution is 5.85. The average Bonchev–Trinajstić information content (AvgIpc) is 2.70. The maximum atomic E-state index is 13.1. The highest BCUT2D eigenvalue weighted by Crippen LogP contribution is 2.24. The molecule has 0 aliphatic heterocycles. The zero-order valence-corrected chi connectivity index (χ0v) is 14.3. The van der Waals surface area contributed by atoms with Gasteiger partial charge in [-0.15, -0.1) is 0 Å². The fourth-order valence-electron chi connectivity index (χ4n) is 2.48. The maximum Gasteiger partial charge on any atom is 0.231 e. The summed E-state index contributed by atoms with van der Waals surface area (Å²) in [5.74, 6) is 1.27. The van der Waals surface area contributed by atoms with Crippen LogP contribution in [0.3, 0.4) is 0 Å². The predicted octanol–water partition coefficient (Wildman–Crippen LogP) is 4.05. The third-order valence-electron chi connectivity index (χ3n) is 3.79. The van der Waals surface area contributed by atoms with Crippen LogP contribution < -0.4 is 15.4 Å². The molecule has 0 amide bonds. The largest absolute Gasteiger partial charge is 0.497 e. The van der Waals surface area contributed by atoms with Crippen molar-refractivity contribution >= 4 is 34.3 Å². The molecule has 0 spiro atoms. The summed E-state index contributed by atoms with van der Waals surface area (Å²) in [5.41, 5.74) is 2.43. The molecule has 0 fully saturated rings. The van der Waals surface area contributed by atoms with Crippen LogP contribution in [0.1, 0.15) is 0 Å². The topological polar surface area (TPSA) is 84.9 Å². The van der Waals surface area contributed by atoms with E-state index in [1.807, 2.05) is 24.3 Å². The number of halogens is 1. The van der Waals surface area contributed by atoms with Gasteiger partial charge in [0.2, 0.25) is 5.95 Å². The van der Waals surface area contributed by atoms with Gasteiger partial charge in [0.25, 0.3) is 0 Å². The molecule has 0 saturated heterocycles. The van der Waals surface area contributed by atoms with Gasteiger partial charge in [0, 0.05) is 23.8 Å². The number of benzene rings is 2. The van der Waals surface area contributed by atoms with E-state index < -0.39 is 0 Å². The van der Waals surface area contributed by atoms with Crippen LogP contribution in [-0.4, -0.2) is 27.0 Å². The Morgan fingerprint density at radius 1 is 0.815 bits per heavy atom. The smallest absolute Gasteiger partial charge is 0.231 e. The molecule has 4 aromatic rings. The summed E-state index contributed by atoms with van der Waals surface area (Å²) < 4.78 is 18.3. The van der Waals surface area contributed by atoms with E-state index in [4.69, 9.17) is 4.74 Å². The molecule has 2 aromatic carbocycles. The molecule has 0 atom stereocenters. The van der Waals surface area contributed by atoms with Crippen LogP contribution >= 0.6 is 0 Å². The molecular formula is C19H15FN6O. The first-order valence-corrected chi connectivity index (χ1v) is 8.14. The van der Waals surface area contributed by atoms with Gasteiger partial charge in [-0.25, -0.2) is 14.4 Å². The van der Waals surface area contributed by atoms with Crippen molar-refractivity contribution in [1.29, 1.82) is 0 Å². The zero-order valence-electron chi connectivity index (χ0n) is 14.3. The van der Waals surface area contributed by atoms with Crippen molar-refractivity contribution in [3.63, 3.8) is 0 Å². The predicted molar refractivity (Wildman–Crippen MR) is 101 cm³/mol. The molecule has 2 aromatic heterocycles. The number of rotatable bonds is 5. The zero-order chi connectivity index (χ0) is 18.6. The van der Waals surface area contributed by atoms with Gasteiger partial charge in [0.1, 0.15) is 11.6 Å². The highest BCUT2D eigenvalue weighted by Gasteiger charge is 2.11. The van der Waals surface area contributed by atoms with E-state index in [-0.39, 0.29) is 5.82 Å². The van der Waals surface area contributed by atoms with E-state index in [1.54, 1.807) is 31.6 Å². The Morgan fingerprint density at radius 3 is 2.22 bits per heavy atom. The lowest BCUT2D eigenvalue weighted by atomic mass is 10.3. The first-order chi connectivity index (χ1) is 13.2. The minimum atomic E-state index is -0.310. The number of ether oxygens (including phenoxy) is 1. The fraction of sp³-hybridized carbons (Fsp3) is 0.0526. The van der Waals surface area contributed by atoms with Gasteiger partial charge in [-0.3, -0.25) is 0 Å². The number of hydrogen-bond donors (Lipinski definition) is 2. The van der Waals surface area contributed by atoms with Crippen LogP contribution in [0.15, 0.2) is 60.9 Å². The molecule has 8 heteroatoms. The Balaban J connectivity index is 1.69. The number of anilines is 4. The molecule has 0 unspecified atom stereocenters. The van der Waals surface area contributed by atoms with Gasteiger partial charge in [0.15, 0.2) is 17.0 Å². The number of nitrogens with zero attached hydrogens (tertiary/aromatic N) is 4. The summed E-state index contributed by atoms with van der Waals surface area (Å²) in [5, 5.41) is 6.28. The summed E-state index contributed by atoms with van der Waals surface area (Å²) >= 11 is 0. The Labute approximate surface area is 154 Å². The third kappa shape index (κ3) is 3.74. The van der Waals surface area contributed by atoms with Crippen molar-refractivity contribution in [2.24, 2.45) is 0 Å². The van der Waals surface area contributed by atoms with E-state index in [0.717, 1.165) is 11.4 Å². The van der Waals surface area contributed by atoms with E-state index in [0.29, 0.717) is 28.6 Å². The van der Waals surface area contributed by atoms with Crippen molar-refractivity contribution in [2.75, 3.05) is 17.7 Å². The number of aromatic nitrogens is 4. The van der Waals surface area contributed by atoms with E-state index >= 15 is 0 Å². The quantitative estimate of drug-likeness (QED) is 0.554. The molecule has 0 bridgehead atoms. The van der Waals surface area contributed by atoms with Crippen molar-refractivity contribution < 1.29 is 9.13 Å². The van der Waals surface area contributed by atoms with Crippen LogP contribution in [0.4, 0.5) is 27.5 Å². The Morgan fingerprint density at radius 2 is 1.48 bits per heavy atom. The fourth-order valence-corrected chi connectivity index (χ4v) is 2.48. The van der Waals surface area contributed by atoms with Gasteiger partial charge in [-0.1, -0.05) is 0 Å². The maximum absolute atomic E-state index is 13.1. The Kier molecular flexibility index (Phi) is 4.44. The van der Waals surface area contributed by atoms with Gasteiger partial charge >= 0.3 is 0 Å². The third-order valence-corrected chi connectivity index (χ3v) is 3.79. The first kappa shape index (κ1) is 16.6. The minimum absolute atomic E-state index is 0.310. The summed E-state index contributed by atoms with van der Waals surface area (Å²) in [4.78, 5) is 17.4. The summed E-state index contributed by atoms with van der Waals surface area (Å²) in [7, 11) is 1.61. The highest BCUT2D eigenvalue weighted by atomic mass is 19.1. The van der Waals surface area contributed by atoms with Gasteiger partial charge in [-0.05, 0) is 48.5 Å². The SMILES string of the molecule is COc1ccc(Nc2nc(Nc3ccc(F)cc3)c3nccnc3n2)cc1. The standard InChI is InChI=1S/C19H15FN6O/c1-27-15-8-6-14(7-9-15)24-19-25-17-16(21-10-11-22-17)18(26-19)23-13-4-2-12(20)3-5-13/h2-11H,1H3,(H2,22,23,24,25,26). The number of hydrogen-bond acceptors (Lipinski definition) is 7. The molecule has 7 nitrogen and oxygen atoms in total. The lowest BCUT2D eigenvalue weighted by molar-refractivity contribution is 0.415. The minimum Gasteiger partial charge on any atom is -0.497 e. The second-order valence-electron chi connectivity index (χ2n) is 5.61. The molecule has 0 saturated carbocycles. The number of methoxy groups -OCH3 is 1. The summed E-state index contributed by atoms with van der Waals surface area (Å²) in [6, 6.07) is 13.4. The average molecular weight is 362 g/mol. The Hall–Kier alpha value is -3.81. The summed E-state index contributed by atoms with van der Waals surface area (Å²) in [6.07, 6.45) is 3.13.